The Morgan fingerprint density at radius 3 is 2.47 bits per heavy atom. The van der Waals surface area contributed by atoms with Crippen molar-refractivity contribution >= 4 is 28.4 Å². The Morgan fingerprint density at radius 1 is 0.947 bits per heavy atom. The lowest BCUT2D eigenvalue weighted by molar-refractivity contribution is 0.103. The Labute approximate surface area is 127 Å². The summed E-state index contributed by atoms with van der Waals surface area (Å²) in [5, 5.41) is 0. The lowest BCUT2D eigenvalue weighted by atomic mass is 9.94. The topological polar surface area (TPSA) is 17.1 Å². The van der Waals surface area contributed by atoms with E-state index in [9.17, 15) is 4.79 Å². The minimum Gasteiger partial charge on any atom is -0.289 e. The molecule has 1 aliphatic carbocycles. The van der Waals surface area contributed by atoms with Gasteiger partial charge in [0.15, 0.2) is 5.78 Å². The van der Waals surface area contributed by atoms with Gasteiger partial charge in [-0.05, 0) is 30.4 Å². The van der Waals surface area contributed by atoms with Crippen LogP contribution in [-0.4, -0.2) is 5.78 Å². The van der Waals surface area contributed by atoms with Crippen molar-refractivity contribution in [3.05, 3.63) is 70.8 Å². The zero-order chi connectivity index (χ0) is 13.2. The highest BCUT2D eigenvalue weighted by Gasteiger charge is 2.21. The number of hydrogen-bond donors (Lipinski definition) is 0. The van der Waals surface area contributed by atoms with Crippen LogP contribution < -0.4 is 0 Å². The zero-order valence-corrected chi connectivity index (χ0v) is 12.8. The van der Waals surface area contributed by atoms with Gasteiger partial charge in [0.25, 0.3) is 0 Å². The largest absolute Gasteiger partial charge is 0.289 e. The van der Waals surface area contributed by atoms with Gasteiger partial charge in [-0.15, -0.1) is 0 Å². The summed E-state index contributed by atoms with van der Waals surface area (Å²) in [6.07, 6.45) is 3.25. The van der Waals surface area contributed by atoms with Crippen molar-refractivity contribution in [2.75, 3.05) is 0 Å². The van der Waals surface area contributed by atoms with Crippen LogP contribution in [0.1, 0.15) is 43.8 Å². The molecule has 0 radical (unpaired) electrons. The van der Waals surface area contributed by atoms with Crippen molar-refractivity contribution in [1.82, 2.24) is 0 Å². The second-order valence-electron chi connectivity index (χ2n) is 4.93. The van der Waals surface area contributed by atoms with Crippen LogP contribution in [0.25, 0.3) is 0 Å². The van der Waals surface area contributed by atoms with Gasteiger partial charge in [0.05, 0.1) is 0 Å². The SMILES string of the molecule is O=C1c2ccccc2CCCC(I)c2ccccc21. The molecule has 19 heavy (non-hydrogen) atoms. The van der Waals surface area contributed by atoms with Gasteiger partial charge in [-0.3, -0.25) is 4.79 Å². The van der Waals surface area contributed by atoms with Gasteiger partial charge in [-0.25, -0.2) is 0 Å². The van der Waals surface area contributed by atoms with Gasteiger partial charge in [0.2, 0.25) is 0 Å². The Hall–Kier alpha value is -1.16. The van der Waals surface area contributed by atoms with E-state index in [1.165, 1.54) is 11.1 Å². The van der Waals surface area contributed by atoms with E-state index in [1.54, 1.807) is 0 Å². The molecular weight excluding hydrogens is 347 g/mol. The molecule has 1 atom stereocenters. The summed E-state index contributed by atoms with van der Waals surface area (Å²) in [4.78, 5) is 12.8. The summed E-state index contributed by atoms with van der Waals surface area (Å²) < 4.78 is 0.423. The smallest absolute Gasteiger partial charge is 0.193 e. The molecule has 0 N–H and O–H groups in total. The highest BCUT2D eigenvalue weighted by atomic mass is 127. The number of ketones is 1. The second kappa shape index (κ2) is 5.45. The molecule has 1 unspecified atom stereocenters. The molecule has 1 aliphatic rings. The highest BCUT2D eigenvalue weighted by Crippen LogP contribution is 2.34. The number of carbonyl (C=O) groups is 1. The van der Waals surface area contributed by atoms with Crippen molar-refractivity contribution in [1.29, 1.82) is 0 Å². The fraction of sp³-hybridized carbons (Fsp3) is 0.235. The minimum atomic E-state index is 0.176. The van der Waals surface area contributed by atoms with Gasteiger partial charge in [-0.2, -0.15) is 0 Å². The molecule has 0 saturated carbocycles. The molecule has 3 rings (SSSR count). The van der Waals surface area contributed by atoms with Crippen molar-refractivity contribution in [3.63, 3.8) is 0 Å². The first-order chi connectivity index (χ1) is 9.27. The molecule has 0 fully saturated rings. The summed E-state index contributed by atoms with van der Waals surface area (Å²) in [7, 11) is 0. The molecule has 0 aliphatic heterocycles. The van der Waals surface area contributed by atoms with Crippen molar-refractivity contribution in [2.45, 2.75) is 23.2 Å². The third-order valence-corrected chi connectivity index (χ3v) is 5.00. The average Bonchev–Trinajstić information content (AvgIpc) is 2.51. The third-order valence-electron chi connectivity index (χ3n) is 3.71. The van der Waals surface area contributed by atoms with Crippen molar-refractivity contribution < 1.29 is 4.79 Å². The molecule has 2 aromatic carbocycles. The van der Waals surface area contributed by atoms with Crippen LogP contribution >= 0.6 is 22.6 Å². The maximum atomic E-state index is 12.8. The molecule has 0 heterocycles. The Bertz CT molecular complexity index is 618. The van der Waals surface area contributed by atoms with E-state index >= 15 is 0 Å². The van der Waals surface area contributed by atoms with E-state index in [0.29, 0.717) is 3.92 Å². The first-order valence-corrected chi connectivity index (χ1v) is 7.87. The fourth-order valence-corrected chi connectivity index (χ4v) is 3.69. The number of fused-ring (bicyclic) bond motifs is 2. The highest BCUT2D eigenvalue weighted by molar-refractivity contribution is 14.1. The molecule has 2 aromatic rings. The number of halogens is 1. The van der Waals surface area contributed by atoms with Gasteiger partial charge < -0.3 is 0 Å². The van der Waals surface area contributed by atoms with Gasteiger partial charge >= 0.3 is 0 Å². The van der Waals surface area contributed by atoms with E-state index < -0.39 is 0 Å². The van der Waals surface area contributed by atoms with Crippen LogP contribution in [0.3, 0.4) is 0 Å². The standard InChI is InChI=1S/C17H15IO/c18-16-11-5-7-12-6-1-2-8-13(12)17(19)15-10-4-3-9-14(15)16/h1-4,6,8-10,16H,5,7,11H2. The molecule has 0 bridgehead atoms. The van der Waals surface area contributed by atoms with Crippen molar-refractivity contribution in [2.24, 2.45) is 0 Å². The molecule has 1 nitrogen and oxygen atoms in total. The van der Waals surface area contributed by atoms with E-state index in [4.69, 9.17) is 0 Å². The lowest BCUT2D eigenvalue weighted by Gasteiger charge is -2.12. The molecule has 2 heteroatoms. The zero-order valence-electron chi connectivity index (χ0n) is 10.6. The van der Waals surface area contributed by atoms with Crippen LogP contribution in [0.15, 0.2) is 48.5 Å². The van der Waals surface area contributed by atoms with Gasteiger partial charge in [0.1, 0.15) is 0 Å². The normalized spacial score (nSPS) is 18.8. The average molecular weight is 362 g/mol. The predicted molar refractivity (Wildman–Crippen MR) is 86.0 cm³/mol. The summed E-state index contributed by atoms with van der Waals surface area (Å²) in [6.45, 7) is 0. The molecule has 0 spiro atoms. The number of alkyl halides is 1. The van der Waals surface area contributed by atoms with Gasteiger partial charge in [-0.1, -0.05) is 71.1 Å². The molecule has 0 aromatic heterocycles. The minimum absolute atomic E-state index is 0.176. The number of rotatable bonds is 0. The van der Waals surface area contributed by atoms with Crippen molar-refractivity contribution in [3.8, 4) is 0 Å². The Balaban J connectivity index is 2.19. The van der Waals surface area contributed by atoms with E-state index in [0.717, 1.165) is 30.4 Å². The maximum Gasteiger partial charge on any atom is 0.193 e. The molecule has 0 saturated heterocycles. The molecule has 0 amide bonds. The monoisotopic (exact) mass is 362 g/mol. The van der Waals surface area contributed by atoms with Crippen LogP contribution in [0.4, 0.5) is 0 Å². The summed E-state index contributed by atoms with van der Waals surface area (Å²) in [6, 6.07) is 16.1. The quantitative estimate of drug-likeness (QED) is 0.489. The van der Waals surface area contributed by atoms with E-state index in [1.807, 2.05) is 36.4 Å². The van der Waals surface area contributed by atoms with Crippen LogP contribution in [0.5, 0.6) is 0 Å². The van der Waals surface area contributed by atoms with Crippen LogP contribution in [-0.2, 0) is 6.42 Å². The third kappa shape index (κ3) is 2.46. The van der Waals surface area contributed by atoms with Crippen LogP contribution in [0, 0.1) is 0 Å². The second-order valence-corrected chi connectivity index (χ2v) is 6.44. The first-order valence-electron chi connectivity index (χ1n) is 6.63. The molecular formula is C17H15IO. The fourth-order valence-electron chi connectivity index (χ4n) is 2.71. The number of hydrogen-bond acceptors (Lipinski definition) is 1. The van der Waals surface area contributed by atoms with Crippen LogP contribution in [0.2, 0.25) is 0 Å². The number of benzene rings is 2. The van der Waals surface area contributed by atoms with E-state index in [2.05, 4.69) is 34.7 Å². The maximum absolute atomic E-state index is 12.8. The predicted octanol–water partition coefficient (Wildman–Crippen LogP) is 4.73. The Kier molecular flexibility index (Phi) is 3.69. The summed E-state index contributed by atoms with van der Waals surface area (Å²) in [5.41, 5.74) is 4.12. The van der Waals surface area contributed by atoms with E-state index in [-0.39, 0.29) is 5.78 Å². The van der Waals surface area contributed by atoms with Gasteiger partial charge in [0, 0.05) is 15.1 Å². The summed E-state index contributed by atoms with van der Waals surface area (Å²) in [5.74, 6) is 0.176. The number of carbonyl (C=O) groups excluding carboxylic acids is 1. The first kappa shape index (κ1) is 12.9. The number of aryl methyl sites for hydroxylation is 1. The Morgan fingerprint density at radius 2 is 1.63 bits per heavy atom. The lowest BCUT2D eigenvalue weighted by Crippen LogP contribution is -2.07. The molecule has 96 valence electrons. The summed E-state index contributed by atoms with van der Waals surface area (Å²) >= 11 is 2.46.